The van der Waals surface area contributed by atoms with E-state index in [0.717, 1.165) is 5.56 Å². The summed E-state index contributed by atoms with van der Waals surface area (Å²) >= 11 is 0. The van der Waals surface area contributed by atoms with Crippen LogP contribution in [0.1, 0.15) is 61.7 Å². The summed E-state index contributed by atoms with van der Waals surface area (Å²) in [6, 6.07) is 5.18. The highest BCUT2D eigenvalue weighted by Gasteiger charge is 2.38. The number of aliphatic hydroxyl groups excluding tert-OH is 2. The fourth-order valence-corrected chi connectivity index (χ4v) is 5.17. The van der Waals surface area contributed by atoms with Crippen LogP contribution in [0.3, 0.4) is 0 Å². The summed E-state index contributed by atoms with van der Waals surface area (Å²) < 4.78 is 64.0. The molecule has 0 bridgehead atoms. The molecule has 0 aromatic heterocycles. The first-order valence-electron chi connectivity index (χ1n) is 14.5. The molecule has 0 spiro atoms. The van der Waals surface area contributed by atoms with Crippen LogP contribution in [0.15, 0.2) is 18.2 Å². The highest BCUT2D eigenvalue weighted by atomic mass is 19.4. The van der Waals surface area contributed by atoms with Crippen LogP contribution < -0.4 is 19.1 Å². The number of rotatable bonds is 9. The van der Waals surface area contributed by atoms with Crippen LogP contribution >= 0.6 is 0 Å². The van der Waals surface area contributed by atoms with Crippen molar-refractivity contribution < 1.29 is 56.7 Å². The minimum absolute atomic E-state index is 0.0272. The van der Waals surface area contributed by atoms with E-state index in [0.29, 0.717) is 29.2 Å². The number of halogens is 4. The molecule has 2 atom stereocenters. The van der Waals surface area contributed by atoms with Crippen molar-refractivity contribution in [3.05, 3.63) is 46.3 Å². The van der Waals surface area contributed by atoms with Gasteiger partial charge in [0.1, 0.15) is 11.6 Å². The number of carbonyl (C=O) groups is 2. The van der Waals surface area contributed by atoms with E-state index in [1.165, 1.54) is 4.90 Å². The molecule has 0 unspecified atom stereocenters. The summed E-state index contributed by atoms with van der Waals surface area (Å²) in [4.78, 5) is 25.9. The molecule has 15 heteroatoms. The number of carbonyl (C=O) groups excluding carboxylic acids is 1. The smallest absolute Gasteiger partial charge is 0.490 e. The van der Waals surface area contributed by atoms with Gasteiger partial charge in [-0.2, -0.15) is 13.2 Å². The second-order valence-corrected chi connectivity index (χ2v) is 11.7. The molecule has 2 aromatic carbocycles. The van der Waals surface area contributed by atoms with Gasteiger partial charge in [-0.15, -0.1) is 0 Å². The lowest BCUT2D eigenvalue weighted by Crippen LogP contribution is -2.31. The van der Waals surface area contributed by atoms with Gasteiger partial charge < -0.3 is 39.3 Å². The Labute approximate surface area is 263 Å². The quantitative estimate of drug-likeness (QED) is 0.229. The molecule has 254 valence electrons. The van der Waals surface area contributed by atoms with Gasteiger partial charge in [0, 0.05) is 30.8 Å². The van der Waals surface area contributed by atoms with Crippen LogP contribution in [0, 0.1) is 11.2 Å². The van der Waals surface area contributed by atoms with Gasteiger partial charge in [-0.1, -0.05) is 20.8 Å². The molecule has 0 radical (unpaired) electrons. The number of methoxy groups -OCH3 is 1. The van der Waals surface area contributed by atoms with Gasteiger partial charge in [0.15, 0.2) is 23.1 Å². The van der Waals surface area contributed by atoms with Gasteiger partial charge in [0.05, 0.1) is 50.3 Å². The van der Waals surface area contributed by atoms with E-state index in [4.69, 9.17) is 29.5 Å². The van der Waals surface area contributed by atoms with E-state index in [1.807, 2.05) is 25.7 Å². The number of hydrogen-bond acceptors (Lipinski definition) is 9. The molecule has 0 aliphatic carbocycles. The van der Waals surface area contributed by atoms with E-state index in [1.54, 1.807) is 39.2 Å². The summed E-state index contributed by atoms with van der Waals surface area (Å²) in [5.41, 5.74) is 2.11. The molecule has 11 nitrogen and oxygen atoms in total. The zero-order chi connectivity index (χ0) is 34.7. The Hall–Kier alpha value is -4.11. The maximum absolute atomic E-state index is 15.5. The van der Waals surface area contributed by atoms with Gasteiger partial charge in [-0.05, 0) is 43.0 Å². The van der Waals surface area contributed by atoms with Crippen molar-refractivity contribution in [2.75, 3.05) is 44.9 Å². The highest BCUT2D eigenvalue weighted by molar-refractivity contribution is 6.06. The largest absolute Gasteiger partial charge is 0.494 e. The Morgan fingerprint density at radius 3 is 2.04 bits per heavy atom. The molecule has 2 aliphatic rings. The van der Waals surface area contributed by atoms with Crippen LogP contribution in [0.5, 0.6) is 17.2 Å². The SMILES string of the molecule is CCOc1cc2c(c(F)c1OCC)C(=N)N(CC(=O)c1cc(N3C[C@@H](O)[C@@H](O)C3)c(OC)c(C(C)(C)C)c1)C2.O=C(O)C(F)(F)F. The first-order chi connectivity index (χ1) is 21.3. The minimum Gasteiger partial charge on any atom is -0.494 e. The van der Waals surface area contributed by atoms with Crippen LogP contribution in [0.2, 0.25) is 0 Å². The molecular formula is C31H39F4N3O8. The molecule has 0 saturated carbocycles. The maximum atomic E-state index is 15.5. The van der Waals surface area contributed by atoms with E-state index >= 15 is 4.39 Å². The number of amidine groups is 1. The van der Waals surface area contributed by atoms with Crippen molar-refractivity contribution in [2.45, 2.75) is 65.0 Å². The fraction of sp³-hybridized carbons (Fsp3) is 0.516. The first-order valence-corrected chi connectivity index (χ1v) is 14.5. The lowest BCUT2D eigenvalue weighted by molar-refractivity contribution is -0.192. The van der Waals surface area contributed by atoms with Crippen molar-refractivity contribution in [1.29, 1.82) is 5.41 Å². The third-order valence-corrected chi connectivity index (χ3v) is 7.35. The summed E-state index contributed by atoms with van der Waals surface area (Å²) in [5.74, 6) is -2.93. The van der Waals surface area contributed by atoms with E-state index in [-0.39, 0.29) is 66.9 Å². The number of Topliss-reactive ketones (excluding diaryl/α,β-unsaturated/α-hetero) is 1. The lowest BCUT2D eigenvalue weighted by Gasteiger charge is -2.29. The first kappa shape index (κ1) is 36.4. The summed E-state index contributed by atoms with van der Waals surface area (Å²) in [6.45, 7) is 10.6. The molecule has 2 aromatic rings. The summed E-state index contributed by atoms with van der Waals surface area (Å²) in [5, 5.41) is 36.1. The van der Waals surface area contributed by atoms with Crippen LogP contribution in [0.4, 0.5) is 23.2 Å². The third-order valence-electron chi connectivity index (χ3n) is 7.35. The number of nitrogens with zero attached hydrogens (tertiary/aromatic N) is 2. The highest BCUT2D eigenvalue weighted by Crippen LogP contribution is 2.42. The molecule has 2 heterocycles. The number of nitrogens with one attached hydrogen (secondary N) is 1. The predicted octanol–water partition coefficient (Wildman–Crippen LogP) is 4.13. The second kappa shape index (κ2) is 14.1. The van der Waals surface area contributed by atoms with E-state index < -0.39 is 30.2 Å². The number of benzene rings is 2. The molecule has 4 N–H and O–H groups in total. The zero-order valence-corrected chi connectivity index (χ0v) is 26.4. The summed E-state index contributed by atoms with van der Waals surface area (Å²) in [6.07, 6.45) is -6.90. The van der Waals surface area contributed by atoms with Crippen LogP contribution in [-0.2, 0) is 16.8 Å². The number of carboxylic acid groups (broad SMARTS) is 1. The number of alkyl halides is 3. The van der Waals surface area contributed by atoms with Gasteiger partial charge in [-0.3, -0.25) is 10.2 Å². The summed E-state index contributed by atoms with van der Waals surface area (Å²) in [7, 11) is 1.56. The number of hydrogen-bond donors (Lipinski definition) is 4. The number of aliphatic hydroxyl groups is 2. The van der Waals surface area contributed by atoms with Crippen molar-refractivity contribution in [1.82, 2.24) is 4.90 Å². The van der Waals surface area contributed by atoms with Crippen LogP contribution in [-0.4, -0.2) is 96.1 Å². The maximum Gasteiger partial charge on any atom is 0.490 e. The zero-order valence-electron chi connectivity index (χ0n) is 26.4. The number of fused-ring (bicyclic) bond motifs is 1. The van der Waals surface area contributed by atoms with Gasteiger partial charge in [-0.25, -0.2) is 9.18 Å². The standard InChI is InChI=1S/C29H38FN3O6.C2HF3O2/c1-7-38-23-11-17-12-33(28(31)24(17)25(30)27(23)39-8-2)13-20(34)16-9-18(29(3,4)5)26(37-6)19(10-16)32-14-21(35)22(36)15-32;3-2(4,5)1(6)7/h9-11,21-22,31,35-36H,7-8,12-15H2,1-6H3;(H,6,7)/t21-,22+;. The molecule has 1 fully saturated rings. The second-order valence-electron chi connectivity index (χ2n) is 11.7. The Morgan fingerprint density at radius 2 is 1.57 bits per heavy atom. The Balaban J connectivity index is 0.000000738. The lowest BCUT2D eigenvalue weighted by atomic mass is 9.84. The normalized spacial score (nSPS) is 17.8. The molecule has 2 aliphatic heterocycles. The van der Waals surface area contributed by atoms with E-state index in [2.05, 4.69) is 0 Å². The van der Waals surface area contributed by atoms with Gasteiger partial charge in [0.2, 0.25) is 0 Å². The van der Waals surface area contributed by atoms with Crippen molar-refractivity contribution in [2.24, 2.45) is 0 Å². The van der Waals surface area contributed by atoms with Crippen molar-refractivity contribution in [3.8, 4) is 17.2 Å². The molecule has 4 rings (SSSR count). The third kappa shape index (κ3) is 7.81. The number of aliphatic carboxylic acids is 1. The number of ether oxygens (including phenoxy) is 3. The molecule has 1 saturated heterocycles. The topological polar surface area (TPSA) is 153 Å². The average Bonchev–Trinajstić information content (AvgIpc) is 3.46. The monoisotopic (exact) mass is 657 g/mol. The number of anilines is 1. The fourth-order valence-electron chi connectivity index (χ4n) is 5.17. The van der Waals surface area contributed by atoms with Gasteiger partial charge in [0.25, 0.3) is 0 Å². The predicted molar refractivity (Wildman–Crippen MR) is 160 cm³/mol. The number of carboxylic acids is 1. The molecule has 46 heavy (non-hydrogen) atoms. The molecule has 0 amide bonds. The Bertz CT molecular complexity index is 1470. The van der Waals surface area contributed by atoms with Crippen molar-refractivity contribution in [3.63, 3.8) is 0 Å². The number of ketones is 1. The number of β-amino-alcohol motifs (C(OH)–C–C–N with tert-alkyl or cyclic N) is 2. The van der Waals surface area contributed by atoms with Gasteiger partial charge >= 0.3 is 12.1 Å². The average molecular weight is 658 g/mol. The van der Waals surface area contributed by atoms with Crippen molar-refractivity contribution >= 4 is 23.3 Å². The molecular weight excluding hydrogens is 618 g/mol. The Kier molecular flexibility index (Phi) is 11.2. The minimum atomic E-state index is -5.08. The Morgan fingerprint density at radius 1 is 1.00 bits per heavy atom. The van der Waals surface area contributed by atoms with Crippen LogP contribution in [0.25, 0.3) is 0 Å². The van der Waals surface area contributed by atoms with E-state index in [9.17, 15) is 28.2 Å².